The highest BCUT2D eigenvalue weighted by molar-refractivity contribution is 5.56. The summed E-state index contributed by atoms with van der Waals surface area (Å²) in [7, 11) is 2.17. The van der Waals surface area contributed by atoms with Gasteiger partial charge < -0.3 is 15.5 Å². The van der Waals surface area contributed by atoms with Crippen molar-refractivity contribution in [2.45, 2.75) is 25.8 Å². The van der Waals surface area contributed by atoms with Crippen molar-refractivity contribution in [1.29, 1.82) is 0 Å². The Kier molecular flexibility index (Phi) is 6.40. The van der Waals surface area contributed by atoms with Crippen LogP contribution in [0.1, 0.15) is 23.5 Å². The number of nitrogens with zero attached hydrogens (tertiary/aromatic N) is 6. The molecule has 0 unspecified atom stereocenters. The average Bonchev–Trinajstić information content (AvgIpc) is 3.40. The number of hydrogen-bond acceptors (Lipinski definition) is 8. The van der Waals surface area contributed by atoms with E-state index in [-0.39, 0.29) is 0 Å². The highest BCUT2D eigenvalue weighted by Crippen LogP contribution is 2.21. The van der Waals surface area contributed by atoms with Gasteiger partial charge >= 0.3 is 0 Å². The van der Waals surface area contributed by atoms with Crippen molar-refractivity contribution >= 4 is 17.3 Å². The van der Waals surface area contributed by atoms with Crippen LogP contribution in [-0.4, -0.2) is 51.1 Å². The highest BCUT2D eigenvalue weighted by Gasteiger charge is 2.19. The van der Waals surface area contributed by atoms with Crippen LogP contribution in [0.15, 0.2) is 67.0 Å². The van der Waals surface area contributed by atoms with Crippen molar-refractivity contribution in [2.24, 2.45) is 0 Å². The van der Waals surface area contributed by atoms with Crippen LogP contribution in [0.5, 0.6) is 0 Å². The van der Waals surface area contributed by atoms with Crippen molar-refractivity contribution in [1.82, 2.24) is 30.2 Å². The van der Waals surface area contributed by atoms with E-state index in [1.54, 1.807) is 12.4 Å². The predicted octanol–water partition coefficient (Wildman–Crippen LogP) is 3.77. The fraction of sp³-hybridized carbons (Fsp3) is 0.269. The van der Waals surface area contributed by atoms with E-state index in [0.29, 0.717) is 29.9 Å². The van der Waals surface area contributed by atoms with Gasteiger partial charge in [-0.3, -0.25) is 0 Å². The number of nitrogens with one attached hydrogen (secondary N) is 2. The summed E-state index contributed by atoms with van der Waals surface area (Å²) < 4.78 is 0. The summed E-state index contributed by atoms with van der Waals surface area (Å²) in [6.45, 7) is 4.09. The lowest BCUT2D eigenvalue weighted by Crippen LogP contribution is -2.33. The van der Waals surface area contributed by atoms with E-state index >= 15 is 0 Å². The SMILES string of the molecule is Cc1cccc(-c2nccc(Nc3ccnc(Cc4ccc(N(C)[C@H]5CCNC5)cc4)n3)n2)n1. The van der Waals surface area contributed by atoms with Crippen molar-refractivity contribution < 1.29 is 0 Å². The minimum atomic E-state index is 0.556. The van der Waals surface area contributed by atoms with Gasteiger partial charge in [0.05, 0.1) is 0 Å². The number of likely N-dealkylation sites (N-methyl/N-ethyl adjacent to an activating group) is 1. The van der Waals surface area contributed by atoms with Gasteiger partial charge in [-0.05, 0) is 61.9 Å². The first-order valence-electron chi connectivity index (χ1n) is 11.5. The van der Waals surface area contributed by atoms with Crippen LogP contribution in [-0.2, 0) is 6.42 Å². The van der Waals surface area contributed by atoms with E-state index in [4.69, 9.17) is 0 Å². The van der Waals surface area contributed by atoms with Gasteiger partial charge in [0.15, 0.2) is 5.82 Å². The summed E-state index contributed by atoms with van der Waals surface area (Å²) in [6.07, 6.45) is 5.33. The molecule has 0 radical (unpaired) electrons. The summed E-state index contributed by atoms with van der Waals surface area (Å²) in [5.41, 5.74) is 4.07. The fourth-order valence-corrected chi connectivity index (χ4v) is 4.12. The molecule has 1 atom stereocenters. The maximum atomic E-state index is 4.68. The van der Waals surface area contributed by atoms with Crippen molar-refractivity contribution in [3.63, 3.8) is 0 Å². The Morgan fingerprint density at radius 2 is 1.74 bits per heavy atom. The van der Waals surface area contributed by atoms with Gasteiger partial charge in [0.1, 0.15) is 23.2 Å². The standard InChI is InChI=1S/C26H28N8/c1-18-4-3-5-22(30-18)26-29-15-12-24(33-26)31-23-11-14-28-25(32-23)16-19-6-8-20(9-7-19)34(2)21-10-13-27-17-21/h3-9,11-12,14-15,21,27H,10,13,16-17H2,1-2H3,(H,28,29,31,32,33)/t21-/m0/s1. The average molecular weight is 453 g/mol. The number of pyridine rings is 1. The third kappa shape index (κ3) is 5.18. The molecule has 0 saturated carbocycles. The molecule has 4 aromatic rings. The van der Waals surface area contributed by atoms with Crippen molar-refractivity contribution in [3.8, 4) is 11.5 Å². The molecule has 1 aliphatic heterocycles. The first kappa shape index (κ1) is 21.9. The Balaban J connectivity index is 1.26. The molecule has 1 aromatic carbocycles. The number of hydrogen-bond donors (Lipinski definition) is 2. The quantitative estimate of drug-likeness (QED) is 0.438. The number of anilines is 3. The first-order valence-corrected chi connectivity index (χ1v) is 11.5. The minimum Gasteiger partial charge on any atom is -0.370 e. The molecule has 172 valence electrons. The summed E-state index contributed by atoms with van der Waals surface area (Å²) >= 11 is 0. The summed E-state index contributed by atoms with van der Waals surface area (Å²) in [5, 5.41) is 6.70. The van der Waals surface area contributed by atoms with Crippen LogP contribution in [0.3, 0.4) is 0 Å². The fourth-order valence-electron chi connectivity index (χ4n) is 4.12. The van der Waals surface area contributed by atoms with E-state index in [1.165, 1.54) is 17.7 Å². The molecular formula is C26H28N8. The molecule has 5 rings (SSSR count). The highest BCUT2D eigenvalue weighted by atomic mass is 15.2. The van der Waals surface area contributed by atoms with E-state index in [2.05, 4.69) is 71.8 Å². The largest absolute Gasteiger partial charge is 0.370 e. The van der Waals surface area contributed by atoms with E-state index < -0.39 is 0 Å². The van der Waals surface area contributed by atoms with Crippen LogP contribution in [0.4, 0.5) is 17.3 Å². The second-order valence-corrected chi connectivity index (χ2v) is 8.51. The van der Waals surface area contributed by atoms with Gasteiger partial charge in [-0.1, -0.05) is 18.2 Å². The monoisotopic (exact) mass is 452 g/mol. The molecule has 1 aliphatic rings. The van der Waals surface area contributed by atoms with E-state index in [0.717, 1.165) is 30.3 Å². The third-order valence-electron chi connectivity index (χ3n) is 6.02. The van der Waals surface area contributed by atoms with Crippen molar-refractivity contribution in [3.05, 3.63) is 84.1 Å². The lowest BCUT2D eigenvalue weighted by molar-refractivity contribution is 0.685. The number of benzene rings is 1. The molecule has 3 aromatic heterocycles. The topological polar surface area (TPSA) is 91.8 Å². The van der Waals surface area contributed by atoms with Gasteiger partial charge in [0.2, 0.25) is 0 Å². The van der Waals surface area contributed by atoms with E-state index in [9.17, 15) is 0 Å². The molecule has 1 fully saturated rings. The van der Waals surface area contributed by atoms with Gasteiger partial charge in [-0.15, -0.1) is 0 Å². The zero-order valence-electron chi connectivity index (χ0n) is 19.4. The summed E-state index contributed by atoms with van der Waals surface area (Å²) in [5.74, 6) is 2.67. The minimum absolute atomic E-state index is 0.556. The van der Waals surface area contributed by atoms with Crippen LogP contribution < -0.4 is 15.5 Å². The number of aryl methyl sites for hydroxylation is 1. The van der Waals surface area contributed by atoms with Gasteiger partial charge in [-0.2, -0.15) is 0 Å². The van der Waals surface area contributed by atoms with Crippen molar-refractivity contribution in [2.75, 3.05) is 30.4 Å². The molecule has 8 heteroatoms. The molecule has 8 nitrogen and oxygen atoms in total. The smallest absolute Gasteiger partial charge is 0.180 e. The summed E-state index contributed by atoms with van der Waals surface area (Å²) in [4.78, 5) is 25.0. The molecular weight excluding hydrogens is 424 g/mol. The van der Waals surface area contributed by atoms with Crippen LogP contribution in [0, 0.1) is 6.92 Å². The van der Waals surface area contributed by atoms with Gasteiger partial charge in [0.25, 0.3) is 0 Å². The lowest BCUT2D eigenvalue weighted by Gasteiger charge is -2.26. The van der Waals surface area contributed by atoms with E-state index in [1.807, 2.05) is 37.3 Å². The molecule has 0 aliphatic carbocycles. The maximum Gasteiger partial charge on any atom is 0.180 e. The third-order valence-corrected chi connectivity index (χ3v) is 6.02. The summed E-state index contributed by atoms with van der Waals surface area (Å²) in [6, 6.07) is 18.7. The molecule has 2 N–H and O–H groups in total. The Hall–Kier alpha value is -3.91. The molecule has 0 spiro atoms. The van der Waals surface area contributed by atoms with Crippen LogP contribution in [0.25, 0.3) is 11.5 Å². The molecule has 1 saturated heterocycles. The Morgan fingerprint density at radius 3 is 2.50 bits per heavy atom. The normalized spacial score (nSPS) is 15.3. The Bertz CT molecular complexity index is 1250. The first-order chi connectivity index (χ1) is 16.6. The number of aromatic nitrogens is 5. The predicted molar refractivity (Wildman–Crippen MR) is 134 cm³/mol. The zero-order chi connectivity index (χ0) is 23.3. The van der Waals surface area contributed by atoms with Gasteiger partial charge in [-0.25, -0.2) is 24.9 Å². The zero-order valence-corrected chi connectivity index (χ0v) is 19.4. The van der Waals surface area contributed by atoms with Gasteiger partial charge in [0, 0.05) is 49.8 Å². The molecule has 0 bridgehead atoms. The second kappa shape index (κ2) is 9.93. The van der Waals surface area contributed by atoms with Crippen LogP contribution in [0.2, 0.25) is 0 Å². The lowest BCUT2D eigenvalue weighted by atomic mass is 10.1. The molecule has 4 heterocycles. The molecule has 34 heavy (non-hydrogen) atoms. The molecule has 0 amide bonds. The second-order valence-electron chi connectivity index (χ2n) is 8.51. The van der Waals surface area contributed by atoms with Crippen LogP contribution >= 0.6 is 0 Å². The number of rotatable bonds is 7. The Labute approximate surface area is 199 Å². The Morgan fingerprint density at radius 1 is 0.941 bits per heavy atom. The maximum absolute atomic E-state index is 4.68.